The van der Waals surface area contributed by atoms with Crippen molar-refractivity contribution in [1.29, 1.82) is 0 Å². The topological polar surface area (TPSA) is 51.7 Å². The first-order valence-electron chi connectivity index (χ1n) is 7.54. The van der Waals surface area contributed by atoms with Gasteiger partial charge in [0.05, 0.1) is 24.9 Å². The van der Waals surface area contributed by atoms with E-state index in [2.05, 4.69) is 4.98 Å². The monoisotopic (exact) mass is 334 g/mol. The number of hydrogen-bond donors (Lipinski definition) is 0. The lowest BCUT2D eigenvalue weighted by molar-refractivity contribution is 0.0778. The Morgan fingerprint density at radius 1 is 1.17 bits per heavy atom. The lowest BCUT2D eigenvalue weighted by Gasteiger charge is -2.18. The van der Waals surface area contributed by atoms with Gasteiger partial charge in [-0.1, -0.05) is 0 Å². The van der Waals surface area contributed by atoms with Gasteiger partial charge in [0.2, 0.25) is 0 Å². The van der Waals surface area contributed by atoms with Crippen LogP contribution in [0.25, 0.3) is 11.3 Å². The second kappa shape index (κ2) is 7.46. The summed E-state index contributed by atoms with van der Waals surface area (Å²) < 4.78 is 10.6. The van der Waals surface area contributed by atoms with Gasteiger partial charge in [0.25, 0.3) is 5.91 Å². The lowest BCUT2D eigenvalue weighted by Crippen LogP contribution is -2.30. The van der Waals surface area contributed by atoms with E-state index in [1.807, 2.05) is 39.0 Å². The summed E-state index contributed by atoms with van der Waals surface area (Å²) in [6.07, 6.45) is 0. The number of carbonyl (C=O) groups is 1. The first-order chi connectivity index (χ1) is 11.0. The molecule has 0 N–H and O–H groups in total. The third-order valence-corrected chi connectivity index (χ3v) is 4.59. The zero-order valence-corrected chi connectivity index (χ0v) is 15.0. The SMILES string of the molecule is CCN(CC)C(=O)c1sc(C)nc1-c1ccc(OC)c(OC)c1. The van der Waals surface area contributed by atoms with Crippen LogP contribution in [0.2, 0.25) is 0 Å². The van der Waals surface area contributed by atoms with E-state index in [9.17, 15) is 4.79 Å². The maximum absolute atomic E-state index is 12.7. The molecule has 0 fully saturated rings. The molecule has 0 saturated heterocycles. The Labute approximate surface area is 140 Å². The molecule has 5 nitrogen and oxygen atoms in total. The van der Waals surface area contributed by atoms with Crippen LogP contribution in [0, 0.1) is 6.92 Å². The largest absolute Gasteiger partial charge is 0.493 e. The van der Waals surface area contributed by atoms with Gasteiger partial charge in [0, 0.05) is 18.7 Å². The van der Waals surface area contributed by atoms with Crippen LogP contribution in [-0.4, -0.2) is 43.1 Å². The lowest BCUT2D eigenvalue weighted by atomic mass is 10.1. The predicted molar refractivity (Wildman–Crippen MR) is 92.6 cm³/mol. The number of carbonyl (C=O) groups excluding carboxylic acids is 1. The molecule has 124 valence electrons. The summed E-state index contributed by atoms with van der Waals surface area (Å²) in [5.41, 5.74) is 1.55. The Morgan fingerprint density at radius 2 is 1.83 bits per heavy atom. The summed E-state index contributed by atoms with van der Waals surface area (Å²) in [7, 11) is 3.19. The van der Waals surface area contributed by atoms with Crippen molar-refractivity contribution in [3.8, 4) is 22.8 Å². The van der Waals surface area contributed by atoms with Gasteiger partial charge in [-0.3, -0.25) is 4.79 Å². The Morgan fingerprint density at radius 3 is 2.39 bits per heavy atom. The van der Waals surface area contributed by atoms with Crippen molar-refractivity contribution < 1.29 is 14.3 Å². The molecule has 0 saturated carbocycles. The zero-order valence-electron chi connectivity index (χ0n) is 14.2. The number of hydrogen-bond acceptors (Lipinski definition) is 5. The molecule has 0 spiro atoms. The van der Waals surface area contributed by atoms with E-state index < -0.39 is 0 Å². The molecule has 0 unspecified atom stereocenters. The van der Waals surface area contributed by atoms with Crippen LogP contribution in [0.15, 0.2) is 18.2 Å². The molecular weight excluding hydrogens is 312 g/mol. The number of thiazole rings is 1. The molecule has 6 heteroatoms. The Kier molecular flexibility index (Phi) is 5.60. The van der Waals surface area contributed by atoms with E-state index in [4.69, 9.17) is 9.47 Å². The molecule has 1 aromatic heterocycles. The van der Waals surface area contributed by atoms with Crippen molar-refractivity contribution in [2.24, 2.45) is 0 Å². The van der Waals surface area contributed by atoms with E-state index in [0.29, 0.717) is 35.2 Å². The third-order valence-electron chi connectivity index (χ3n) is 3.64. The Balaban J connectivity index is 2.50. The zero-order chi connectivity index (χ0) is 17.0. The molecule has 1 amide bonds. The number of benzene rings is 1. The average molecular weight is 334 g/mol. The highest BCUT2D eigenvalue weighted by Crippen LogP contribution is 2.35. The fourth-order valence-electron chi connectivity index (χ4n) is 2.41. The maximum atomic E-state index is 12.7. The third kappa shape index (κ3) is 3.47. The predicted octanol–water partition coefficient (Wildman–Crippen LogP) is 3.62. The molecule has 0 radical (unpaired) electrons. The summed E-state index contributed by atoms with van der Waals surface area (Å²) in [5.74, 6) is 1.29. The standard InChI is InChI=1S/C17H22N2O3S/c1-6-19(7-2)17(20)16-15(18-11(3)23-16)12-8-9-13(21-4)14(10-12)22-5/h8-10H,6-7H2,1-5H3. The second-order valence-electron chi connectivity index (χ2n) is 4.96. The number of aryl methyl sites for hydroxylation is 1. The normalized spacial score (nSPS) is 10.5. The summed E-state index contributed by atoms with van der Waals surface area (Å²) in [6, 6.07) is 5.58. The fourth-order valence-corrected chi connectivity index (χ4v) is 3.31. The molecule has 0 aliphatic carbocycles. The van der Waals surface area contributed by atoms with E-state index >= 15 is 0 Å². The van der Waals surface area contributed by atoms with E-state index in [1.165, 1.54) is 11.3 Å². The maximum Gasteiger partial charge on any atom is 0.266 e. The summed E-state index contributed by atoms with van der Waals surface area (Å²) in [6.45, 7) is 7.22. The molecule has 1 heterocycles. The van der Waals surface area contributed by atoms with Crippen LogP contribution < -0.4 is 9.47 Å². The molecule has 0 atom stereocenters. The highest BCUT2D eigenvalue weighted by atomic mass is 32.1. The molecule has 2 aromatic rings. The van der Waals surface area contributed by atoms with Gasteiger partial charge in [-0.2, -0.15) is 0 Å². The van der Waals surface area contributed by atoms with Crippen molar-refractivity contribution in [3.63, 3.8) is 0 Å². The molecule has 1 aromatic carbocycles. The van der Waals surface area contributed by atoms with Crippen LogP contribution in [0.3, 0.4) is 0 Å². The average Bonchev–Trinajstić information content (AvgIpc) is 2.97. The smallest absolute Gasteiger partial charge is 0.266 e. The van der Waals surface area contributed by atoms with Crippen molar-refractivity contribution in [2.75, 3.05) is 27.3 Å². The fraction of sp³-hybridized carbons (Fsp3) is 0.412. The number of nitrogens with zero attached hydrogens (tertiary/aromatic N) is 2. The van der Waals surface area contributed by atoms with Gasteiger partial charge in [-0.15, -0.1) is 11.3 Å². The Bertz CT molecular complexity index is 693. The molecule has 0 aliphatic heterocycles. The minimum atomic E-state index is 0.0189. The van der Waals surface area contributed by atoms with Crippen molar-refractivity contribution in [1.82, 2.24) is 9.88 Å². The quantitative estimate of drug-likeness (QED) is 0.810. The molecule has 23 heavy (non-hydrogen) atoms. The first kappa shape index (κ1) is 17.3. The van der Waals surface area contributed by atoms with E-state index in [-0.39, 0.29) is 5.91 Å². The van der Waals surface area contributed by atoms with Crippen LogP contribution >= 0.6 is 11.3 Å². The minimum Gasteiger partial charge on any atom is -0.493 e. The number of aromatic nitrogens is 1. The Hall–Kier alpha value is -2.08. The molecule has 0 aliphatic rings. The van der Waals surface area contributed by atoms with E-state index in [1.54, 1.807) is 19.1 Å². The van der Waals surface area contributed by atoms with Gasteiger partial charge in [-0.05, 0) is 39.0 Å². The molecular formula is C17H22N2O3S. The van der Waals surface area contributed by atoms with Crippen LogP contribution in [0.4, 0.5) is 0 Å². The van der Waals surface area contributed by atoms with Gasteiger partial charge in [-0.25, -0.2) is 4.98 Å². The van der Waals surface area contributed by atoms with Gasteiger partial charge >= 0.3 is 0 Å². The summed E-state index contributed by atoms with van der Waals surface area (Å²) in [4.78, 5) is 19.8. The number of amides is 1. The molecule has 0 bridgehead atoms. The van der Waals surface area contributed by atoms with Crippen LogP contribution in [0.1, 0.15) is 28.5 Å². The summed E-state index contributed by atoms with van der Waals surface area (Å²) >= 11 is 1.43. The van der Waals surface area contributed by atoms with Gasteiger partial charge in [0.15, 0.2) is 11.5 Å². The molecule has 2 rings (SSSR count). The first-order valence-corrected chi connectivity index (χ1v) is 8.36. The number of methoxy groups -OCH3 is 2. The number of rotatable bonds is 6. The highest BCUT2D eigenvalue weighted by molar-refractivity contribution is 7.14. The van der Waals surface area contributed by atoms with Gasteiger partial charge < -0.3 is 14.4 Å². The number of ether oxygens (including phenoxy) is 2. The van der Waals surface area contributed by atoms with E-state index in [0.717, 1.165) is 10.6 Å². The van der Waals surface area contributed by atoms with Crippen LogP contribution in [0.5, 0.6) is 11.5 Å². The van der Waals surface area contributed by atoms with Gasteiger partial charge in [0.1, 0.15) is 4.88 Å². The van der Waals surface area contributed by atoms with Crippen molar-refractivity contribution in [3.05, 3.63) is 28.1 Å². The van der Waals surface area contributed by atoms with Crippen molar-refractivity contribution in [2.45, 2.75) is 20.8 Å². The van der Waals surface area contributed by atoms with Crippen molar-refractivity contribution >= 4 is 17.2 Å². The second-order valence-corrected chi connectivity index (χ2v) is 6.16. The minimum absolute atomic E-state index is 0.0189. The summed E-state index contributed by atoms with van der Waals surface area (Å²) in [5, 5.41) is 0.866. The highest BCUT2D eigenvalue weighted by Gasteiger charge is 2.22. The van der Waals surface area contributed by atoms with Crippen LogP contribution in [-0.2, 0) is 0 Å².